The van der Waals surface area contributed by atoms with Gasteiger partial charge in [-0.1, -0.05) is 12.1 Å². The molecule has 2 aromatic heterocycles. The number of hydrogen-bond donors (Lipinski definition) is 1. The monoisotopic (exact) mass is 429 g/mol. The molecule has 0 saturated carbocycles. The summed E-state index contributed by atoms with van der Waals surface area (Å²) in [6, 6.07) is 15.9. The third kappa shape index (κ3) is 3.39. The minimum absolute atomic E-state index is 0.0696. The Kier molecular flexibility index (Phi) is 4.89. The Bertz CT molecular complexity index is 1310. The van der Waals surface area contributed by atoms with Crippen LogP contribution in [0.2, 0.25) is 0 Å². The van der Waals surface area contributed by atoms with Crippen LogP contribution in [0.25, 0.3) is 16.6 Å². The molecule has 2 N–H and O–H groups in total. The number of nitrogen functional groups attached to an aromatic ring is 1. The Balaban J connectivity index is 1.54. The molecule has 0 saturated heterocycles. The van der Waals surface area contributed by atoms with E-state index < -0.39 is 0 Å². The largest absolute Gasteiger partial charge is 0.489 e. The van der Waals surface area contributed by atoms with Crippen molar-refractivity contribution < 1.29 is 14.3 Å². The lowest BCUT2D eigenvalue weighted by atomic mass is 10.2. The minimum Gasteiger partial charge on any atom is -0.489 e. The van der Waals surface area contributed by atoms with Gasteiger partial charge in [-0.05, 0) is 50.2 Å². The van der Waals surface area contributed by atoms with E-state index in [1.54, 1.807) is 4.90 Å². The molecule has 162 valence electrons. The third-order valence-electron chi connectivity index (χ3n) is 5.33. The van der Waals surface area contributed by atoms with Gasteiger partial charge in [-0.25, -0.2) is 9.97 Å². The van der Waals surface area contributed by atoms with E-state index in [4.69, 9.17) is 15.2 Å². The van der Waals surface area contributed by atoms with E-state index in [0.717, 1.165) is 28.0 Å². The summed E-state index contributed by atoms with van der Waals surface area (Å²) in [5.74, 6) is 0.876. The van der Waals surface area contributed by atoms with Gasteiger partial charge in [0, 0.05) is 17.3 Å². The van der Waals surface area contributed by atoms with Crippen LogP contribution in [0.15, 0.2) is 61.1 Å². The number of aromatic nitrogens is 3. The first-order valence-electron chi connectivity index (χ1n) is 10.4. The van der Waals surface area contributed by atoms with Gasteiger partial charge in [-0.2, -0.15) is 0 Å². The van der Waals surface area contributed by atoms with Crippen LogP contribution < -0.4 is 20.1 Å². The van der Waals surface area contributed by atoms with Gasteiger partial charge in [-0.15, -0.1) is 0 Å². The molecule has 1 aliphatic heterocycles. The molecule has 1 amide bonds. The van der Waals surface area contributed by atoms with E-state index in [2.05, 4.69) is 14.5 Å². The Morgan fingerprint density at radius 1 is 1.12 bits per heavy atom. The summed E-state index contributed by atoms with van der Waals surface area (Å²) in [4.78, 5) is 22.9. The van der Waals surface area contributed by atoms with Crippen molar-refractivity contribution in [3.8, 4) is 17.3 Å². The number of amides is 1. The molecule has 8 nitrogen and oxygen atoms in total. The normalized spacial score (nSPS) is 13.7. The summed E-state index contributed by atoms with van der Waals surface area (Å²) in [5.41, 5.74) is 8.88. The SMILES string of the molecule is CC(C)Oc1ccccc1-n1ccc2cc(N3CCOc4ncnc(N)c4C3=O)ccc21. The molecular formula is C24H23N5O3. The molecule has 0 radical (unpaired) electrons. The van der Waals surface area contributed by atoms with E-state index in [1.165, 1.54) is 6.33 Å². The van der Waals surface area contributed by atoms with Crippen molar-refractivity contribution in [3.63, 3.8) is 0 Å². The zero-order valence-electron chi connectivity index (χ0n) is 17.9. The van der Waals surface area contributed by atoms with Crippen LogP contribution in [0.5, 0.6) is 11.6 Å². The van der Waals surface area contributed by atoms with Crippen molar-refractivity contribution in [2.24, 2.45) is 0 Å². The highest BCUT2D eigenvalue weighted by atomic mass is 16.5. The summed E-state index contributed by atoms with van der Waals surface area (Å²) < 4.78 is 13.7. The number of anilines is 2. The molecule has 0 spiro atoms. The highest BCUT2D eigenvalue weighted by Gasteiger charge is 2.29. The smallest absolute Gasteiger partial charge is 0.267 e. The predicted octanol–water partition coefficient (Wildman–Crippen LogP) is 3.83. The maximum absolute atomic E-state index is 13.2. The van der Waals surface area contributed by atoms with Gasteiger partial charge >= 0.3 is 0 Å². The second-order valence-corrected chi connectivity index (χ2v) is 7.81. The standard InChI is InChI=1S/C24H23N5O3/c1-15(2)32-20-6-4-3-5-19(20)29-10-9-16-13-17(7-8-18(16)29)28-11-12-31-23-21(24(28)30)22(25)26-14-27-23/h3-10,13-15H,11-12H2,1-2H3,(H2,25,26,27). The topological polar surface area (TPSA) is 95.5 Å². The number of nitrogens with two attached hydrogens (primary N) is 1. The van der Waals surface area contributed by atoms with Crippen molar-refractivity contribution in [1.29, 1.82) is 0 Å². The van der Waals surface area contributed by atoms with Gasteiger partial charge in [0.25, 0.3) is 5.91 Å². The number of rotatable bonds is 4. The first-order valence-corrected chi connectivity index (χ1v) is 10.4. The second-order valence-electron chi connectivity index (χ2n) is 7.81. The average molecular weight is 429 g/mol. The second kappa shape index (κ2) is 7.88. The van der Waals surface area contributed by atoms with Crippen molar-refractivity contribution in [3.05, 3.63) is 66.6 Å². The Morgan fingerprint density at radius 2 is 1.97 bits per heavy atom. The maximum atomic E-state index is 13.2. The van der Waals surface area contributed by atoms with Crippen molar-refractivity contribution in [2.45, 2.75) is 20.0 Å². The molecule has 0 bridgehead atoms. The molecule has 0 aliphatic carbocycles. The molecule has 0 unspecified atom stereocenters. The fourth-order valence-corrected chi connectivity index (χ4v) is 3.93. The summed E-state index contributed by atoms with van der Waals surface area (Å²) in [7, 11) is 0. The number of fused-ring (bicyclic) bond motifs is 2. The molecule has 8 heteroatoms. The first kappa shape index (κ1) is 19.9. The minimum atomic E-state index is -0.273. The number of para-hydroxylation sites is 2. The molecule has 32 heavy (non-hydrogen) atoms. The van der Waals surface area contributed by atoms with Crippen LogP contribution >= 0.6 is 0 Å². The average Bonchev–Trinajstić information content (AvgIpc) is 3.11. The maximum Gasteiger partial charge on any atom is 0.267 e. The van der Waals surface area contributed by atoms with Gasteiger partial charge in [0.05, 0.1) is 23.9 Å². The number of nitrogens with zero attached hydrogens (tertiary/aromatic N) is 4. The number of hydrogen-bond acceptors (Lipinski definition) is 6. The Hall–Kier alpha value is -4.07. The van der Waals surface area contributed by atoms with Crippen LogP contribution in [-0.4, -0.2) is 39.7 Å². The lowest BCUT2D eigenvalue weighted by Crippen LogP contribution is -2.32. The van der Waals surface area contributed by atoms with Gasteiger partial charge < -0.3 is 24.7 Å². The quantitative estimate of drug-likeness (QED) is 0.530. The van der Waals surface area contributed by atoms with Crippen LogP contribution in [0.3, 0.4) is 0 Å². The number of benzene rings is 2. The molecule has 0 fully saturated rings. The van der Waals surface area contributed by atoms with Gasteiger partial charge in [0.2, 0.25) is 5.88 Å². The van der Waals surface area contributed by atoms with Crippen molar-refractivity contribution in [1.82, 2.24) is 14.5 Å². The Labute approximate surface area is 185 Å². The zero-order chi connectivity index (χ0) is 22.2. The molecule has 0 atom stereocenters. The molecule has 5 rings (SSSR count). The number of ether oxygens (including phenoxy) is 2. The summed E-state index contributed by atoms with van der Waals surface area (Å²) in [6.45, 7) is 4.71. The predicted molar refractivity (Wildman–Crippen MR) is 123 cm³/mol. The molecule has 4 aromatic rings. The van der Waals surface area contributed by atoms with Crippen LogP contribution in [0, 0.1) is 0 Å². The van der Waals surface area contributed by atoms with E-state index >= 15 is 0 Å². The molecule has 2 aromatic carbocycles. The highest BCUT2D eigenvalue weighted by molar-refractivity contribution is 6.11. The van der Waals surface area contributed by atoms with Crippen LogP contribution in [0.1, 0.15) is 24.2 Å². The fraction of sp³-hybridized carbons (Fsp3) is 0.208. The molecule has 3 heterocycles. The summed E-state index contributed by atoms with van der Waals surface area (Å²) in [6.07, 6.45) is 3.37. The number of carbonyl (C=O) groups excluding carboxylic acids is 1. The van der Waals surface area contributed by atoms with Crippen LogP contribution in [-0.2, 0) is 0 Å². The zero-order valence-corrected chi connectivity index (χ0v) is 17.9. The van der Waals surface area contributed by atoms with E-state index in [9.17, 15) is 4.79 Å². The number of carbonyl (C=O) groups is 1. The van der Waals surface area contributed by atoms with Crippen molar-refractivity contribution in [2.75, 3.05) is 23.8 Å². The Morgan fingerprint density at radius 3 is 2.81 bits per heavy atom. The lowest BCUT2D eigenvalue weighted by molar-refractivity contribution is 0.0990. The van der Waals surface area contributed by atoms with E-state index in [-0.39, 0.29) is 29.3 Å². The molecule has 1 aliphatic rings. The third-order valence-corrected chi connectivity index (χ3v) is 5.33. The van der Waals surface area contributed by atoms with E-state index in [0.29, 0.717) is 13.2 Å². The van der Waals surface area contributed by atoms with Gasteiger partial charge in [-0.3, -0.25) is 4.79 Å². The fourth-order valence-electron chi connectivity index (χ4n) is 3.93. The van der Waals surface area contributed by atoms with Crippen molar-refractivity contribution >= 4 is 28.3 Å². The van der Waals surface area contributed by atoms with Gasteiger partial charge in [0.15, 0.2) is 0 Å². The first-order chi connectivity index (χ1) is 15.5. The highest BCUT2D eigenvalue weighted by Crippen LogP contribution is 2.32. The summed E-state index contributed by atoms with van der Waals surface area (Å²) >= 11 is 0. The van der Waals surface area contributed by atoms with Crippen LogP contribution in [0.4, 0.5) is 11.5 Å². The van der Waals surface area contributed by atoms with E-state index in [1.807, 2.05) is 68.6 Å². The summed E-state index contributed by atoms with van der Waals surface area (Å²) in [5, 5.41) is 0.998. The molecular weight excluding hydrogens is 406 g/mol. The van der Waals surface area contributed by atoms with Gasteiger partial charge in [0.1, 0.15) is 30.1 Å². The lowest BCUT2D eigenvalue weighted by Gasteiger charge is -2.20.